The van der Waals surface area contributed by atoms with Crippen LogP contribution in [0.3, 0.4) is 0 Å². The zero-order chi connectivity index (χ0) is 14.8. The molecule has 1 heterocycles. The van der Waals surface area contributed by atoms with E-state index < -0.39 is 0 Å². The minimum Gasteiger partial charge on any atom is -0.322 e. The van der Waals surface area contributed by atoms with Crippen molar-refractivity contribution in [1.29, 1.82) is 0 Å². The van der Waals surface area contributed by atoms with Gasteiger partial charge in [0.1, 0.15) is 0 Å². The van der Waals surface area contributed by atoms with Crippen LogP contribution in [0.2, 0.25) is 0 Å². The molecule has 2 aromatic rings. The van der Waals surface area contributed by atoms with Gasteiger partial charge in [0.2, 0.25) is 0 Å². The van der Waals surface area contributed by atoms with Crippen LogP contribution in [0.5, 0.6) is 0 Å². The largest absolute Gasteiger partial charge is 0.322 e. The van der Waals surface area contributed by atoms with Crippen molar-refractivity contribution in [2.75, 3.05) is 5.32 Å². The molecule has 4 nitrogen and oxygen atoms in total. The Hall–Kier alpha value is -2.36. The van der Waals surface area contributed by atoms with Crippen molar-refractivity contribution < 1.29 is 4.79 Å². The molecule has 4 heteroatoms. The van der Waals surface area contributed by atoms with E-state index in [1.54, 1.807) is 19.3 Å². The summed E-state index contributed by atoms with van der Waals surface area (Å²) in [6.07, 6.45) is 6.05. The number of aryl methyl sites for hydroxylation is 2. The van der Waals surface area contributed by atoms with Gasteiger partial charge in [-0.1, -0.05) is 12.1 Å². The molecule has 0 saturated heterocycles. The number of hydrogen-bond acceptors (Lipinski definition) is 2. The van der Waals surface area contributed by atoms with E-state index in [9.17, 15) is 9.59 Å². The first-order chi connectivity index (χ1) is 10.1. The zero-order valence-corrected chi connectivity index (χ0v) is 12.1. The highest BCUT2D eigenvalue weighted by Crippen LogP contribution is 2.28. The van der Waals surface area contributed by atoms with Gasteiger partial charge in [-0.25, -0.2) is 0 Å². The van der Waals surface area contributed by atoms with Gasteiger partial charge in [0.15, 0.2) is 0 Å². The number of fused-ring (bicyclic) bond motifs is 1. The Bertz CT molecular complexity index is 747. The summed E-state index contributed by atoms with van der Waals surface area (Å²) in [5, 5.41) is 2.95. The standard InChI is InChI=1S/C17H18N2O2/c1-19-10-9-13(11-16(19)20)17(21)18-15-8-4-6-12-5-2-3-7-14(12)15/h4,6,8-11H,2-3,5,7H2,1H3,(H,18,21). The van der Waals surface area contributed by atoms with Gasteiger partial charge in [-0.05, 0) is 48.9 Å². The highest BCUT2D eigenvalue weighted by Gasteiger charge is 2.15. The molecular weight excluding hydrogens is 264 g/mol. The van der Waals surface area contributed by atoms with Gasteiger partial charge in [-0.15, -0.1) is 0 Å². The Labute approximate surface area is 123 Å². The number of carbonyl (C=O) groups excluding carboxylic acids is 1. The summed E-state index contributed by atoms with van der Waals surface area (Å²) in [6.45, 7) is 0. The summed E-state index contributed by atoms with van der Waals surface area (Å²) in [7, 11) is 1.66. The molecule has 0 aliphatic heterocycles. The van der Waals surface area contributed by atoms with Crippen LogP contribution in [0.25, 0.3) is 0 Å². The van der Waals surface area contributed by atoms with Crippen LogP contribution in [0.4, 0.5) is 5.69 Å². The molecule has 1 aromatic heterocycles. The molecule has 1 N–H and O–H groups in total. The van der Waals surface area contributed by atoms with E-state index >= 15 is 0 Å². The monoisotopic (exact) mass is 282 g/mol. The van der Waals surface area contributed by atoms with E-state index in [0.29, 0.717) is 5.56 Å². The van der Waals surface area contributed by atoms with Crippen LogP contribution in [0, 0.1) is 0 Å². The topological polar surface area (TPSA) is 51.1 Å². The second-order valence-electron chi connectivity index (χ2n) is 5.47. The van der Waals surface area contributed by atoms with Gasteiger partial charge in [-0.3, -0.25) is 9.59 Å². The molecule has 0 unspecified atom stereocenters. The lowest BCUT2D eigenvalue weighted by atomic mass is 9.90. The van der Waals surface area contributed by atoms with Gasteiger partial charge >= 0.3 is 0 Å². The maximum atomic E-state index is 12.3. The van der Waals surface area contributed by atoms with Crippen LogP contribution in [-0.2, 0) is 19.9 Å². The van der Waals surface area contributed by atoms with E-state index in [-0.39, 0.29) is 11.5 Å². The average Bonchev–Trinajstić information content (AvgIpc) is 2.50. The third-order valence-electron chi connectivity index (χ3n) is 4.01. The van der Waals surface area contributed by atoms with Crippen LogP contribution >= 0.6 is 0 Å². The summed E-state index contributed by atoms with van der Waals surface area (Å²) < 4.78 is 1.45. The number of nitrogens with one attached hydrogen (secondary N) is 1. The number of nitrogens with zero attached hydrogens (tertiary/aromatic N) is 1. The fourth-order valence-electron chi connectivity index (χ4n) is 2.78. The molecule has 3 rings (SSSR count). The minimum absolute atomic E-state index is 0.183. The van der Waals surface area contributed by atoms with Gasteiger partial charge in [0.05, 0.1) is 0 Å². The molecule has 1 aliphatic rings. The Morgan fingerprint density at radius 1 is 1.19 bits per heavy atom. The fraction of sp³-hybridized carbons (Fsp3) is 0.294. The number of hydrogen-bond donors (Lipinski definition) is 1. The maximum absolute atomic E-state index is 12.3. The number of anilines is 1. The highest BCUT2D eigenvalue weighted by atomic mass is 16.2. The van der Waals surface area contributed by atoms with Crippen LogP contribution in [-0.4, -0.2) is 10.5 Å². The lowest BCUT2D eigenvalue weighted by molar-refractivity contribution is 0.102. The molecule has 0 fully saturated rings. The molecule has 1 aliphatic carbocycles. The van der Waals surface area contributed by atoms with E-state index in [1.807, 2.05) is 12.1 Å². The molecule has 21 heavy (non-hydrogen) atoms. The second-order valence-corrected chi connectivity index (χ2v) is 5.47. The SMILES string of the molecule is Cn1ccc(C(=O)Nc2cccc3c2CCCC3)cc1=O. The lowest BCUT2D eigenvalue weighted by Gasteiger charge is -2.19. The molecule has 108 valence electrons. The number of carbonyl (C=O) groups is 1. The summed E-state index contributed by atoms with van der Waals surface area (Å²) in [6, 6.07) is 9.06. The van der Waals surface area contributed by atoms with Crippen LogP contribution < -0.4 is 10.9 Å². The quantitative estimate of drug-likeness (QED) is 0.920. The number of amides is 1. The highest BCUT2D eigenvalue weighted by molar-refractivity contribution is 6.04. The molecule has 0 saturated carbocycles. The number of aromatic nitrogens is 1. The Morgan fingerprint density at radius 2 is 2.00 bits per heavy atom. The van der Waals surface area contributed by atoms with Gasteiger partial charge in [0.25, 0.3) is 11.5 Å². The smallest absolute Gasteiger partial charge is 0.255 e. The lowest BCUT2D eigenvalue weighted by Crippen LogP contribution is -2.20. The Kier molecular flexibility index (Phi) is 3.60. The Balaban J connectivity index is 1.88. The molecule has 1 amide bonds. The molecule has 0 spiro atoms. The number of rotatable bonds is 2. The van der Waals surface area contributed by atoms with Crippen molar-refractivity contribution >= 4 is 11.6 Å². The molecule has 0 bridgehead atoms. The molecule has 1 aromatic carbocycles. The minimum atomic E-state index is -0.230. The first-order valence-corrected chi connectivity index (χ1v) is 7.24. The molecule has 0 radical (unpaired) electrons. The van der Waals surface area contributed by atoms with Crippen molar-refractivity contribution in [2.24, 2.45) is 7.05 Å². The van der Waals surface area contributed by atoms with Crippen molar-refractivity contribution in [3.63, 3.8) is 0 Å². The number of benzene rings is 1. The second kappa shape index (κ2) is 5.56. The summed E-state index contributed by atoms with van der Waals surface area (Å²) in [5.74, 6) is -0.230. The zero-order valence-electron chi connectivity index (χ0n) is 12.1. The van der Waals surface area contributed by atoms with E-state index in [4.69, 9.17) is 0 Å². The van der Waals surface area contributed by atoms with Crippen LogP contribution in [0.15, 0.2) is 41.3 Å². The summed E-state index contributed by atoms with van der Waals surface area (Å²) in [4.78, 5) is 23.9. The third-order valence-corrected chi connectivity index (χ3v) is 4.01. The third kappa shape index (κ3) is 2.75. The predicted octanol–water partition coefficient (Wildman–Crippen LogP) is 2.52. The fourth-order valence-corrected chi connectivity index (χ4v) is 2.78. The maximum Gasteiger partial charge on any atom is 0.255 e. The average molecular weight is 282 g/mol. The van der Waals surface area contributed by atoms with Crippen molar-refractivity contribution in [1.82, 2.24) is 4.57 Å². The van der Waals surface area contributed by atoms with Crippen LogP contribution in [0.1, 0.15) is 34.3 Å². The number of pyridine rings is 1. The van der Waals surface area contributed by atoms with Gasteiger partial charge in [0, 0.05) is 30.6 Å². The van der Waals surface area contributed by atoms with Gasteiger partial charge < -0.3 is 9.88 Å². The first-order valence-electron chi connectivity index (χ1n) is 7.24. The van der Waals surface area contributed by atoms with E-state index in [0.717, 1.165) is 24.9 Å². The van der Waals surface area contributed by atoms with Crippen molar-refractivity contribution in [2.45, 2.75) is 25.7 Å². The molecular formula is C17H18N2O2. The van der Waals surface area contributed by atoms with Crippen molar-refractivity contribution in [3.05, 3.63) is 63.6 Å². The summed E-state index contributed by atoms with van der Waals surface area (Å²) in [5.41, 5.74) is 3.64. The van der Waals surface area contributed by atoms with E-state index in [1.165, 1.54) is 28.2 Å². The Morgan fingerprint density at radius 3 is 2.81 bits per heavy atom. The van der Waals surface area contributed by atoms with Crippen molar-refractivity contribution in [3.8, 4) is 0 Å². The molecule has 0 atom stereocenters. The summed E-state index contributed by atoms with van der Waals surface area (Å²) >= 11 is 0. The first kappa shape index (κ1) is 13.6. The van der Waals surface area contributed by atoms with E-state index in [2.05, 4.69) is 11.4 Å². The normalized spacial score (nSPS) is 13.6. The van der Waals surface area contributed by atoms with Gasteiger partial charge in [-0.2, -0.15) is 0 Å². The predicted molar refractivity (Wildman–Crippen MR) is 82.7 cm³/mol.